The molecule has 81 heavy (non-hydrogen) atoms. The van der Waals surface area contributed by atoms with E-state index in [-0.39, 0.29) is 57.5 Å². The molecule has 0 aromatic heterocycles. The van der Waals surface area contributed by atoms with Gasteiger partial charge in [0.15, 0.2) is 5.96 Å². The molecule has 8 amide bonds. The predicted octanol–water partition coefficient (Wildman–Crippen LogP) is 2.17. The molecule has 0 unspecified atom stereocenters. The molecular weight excluding hydrogens is 1030 g/mol. The van der Waals surface area contributed by atoms with Gasteiger partial charge >= 0.3 is 0 Å². The molecule has 0 radical (unpaired) electrons. The lowest BCUT2D eigenvalue weighted by molar-refractivity contribution is -0.135. The summed E-state index contributed by atoms with van der Waals surface area (Å²) in [6.07, 6.45) is 3.93. The fourth-order valence-corrected chi connectivity index (χ4v) is 9.34. The lowest BCUT2D eigenvalue weighted by atomic mass is 10.00. The first kappa shape index (κ1) is 63.6. The van der Waals surface area contributed by atoms with Crippen molar-refractivity contribution in [3.8, 4) is 0 Å². The Labute approximate surface area is 474 Å². The van der Waals surface area contributed by atoms with Crippen LogP contribution in [0.1, 0.15) is 99.8 Å². The average Bonchev–Trinajstić information content (AvgIpc) is 3.53. The second kappa shape index (κ2) is 34.1. The van der Waals surface area contributed by atoms with Crippen molar-refractivity contribution in [3.05, 3.63) is 119 Å². The topological polar surface area (TPSA) is 310 Å². The third kappa shape index (κ3) is 22.1. The highest BCUT2D eigenvalue weighted by atomic mass is 16.2. The highest BCUT2D eigenvalue weighted by Crippen LogP contribution is 2.18. The quantitative estimate of drug-likeness (QED) is 0.0233. The maximum Gasteiger partial charge on any atom is 0.243 e. The fraction of sp³-hybridized carbons (Fsp3) is 0.467. The maximum absolute atomic E-state index is 14.8. The summed E-state index contributed by atoms with van der Waals surface area (Å²) in [7, 11) is 3.37. The normalized spacial score (nSPS) is 20.4. The number of carbonyl (C=O) groups excluding carboxylic acids is 9. The zero-order valence-corrected chi connectivity index (χ0v) is 47.1. The van der Waals surface area contributed by atoms with Crippen LogP contribution in [0.3, 0.4) is 0 Å². The van der Waals surface area contributed by atoms with Gasteiger partial charge in [0.1, 0.15) is 42.5 Å². The zero-order valence-electron chi connectivity index (χ0n) is 47.1. The number of rotatable bonds is 22. The van der Waals surface area contributed by atoms with Crippen molar-refractivity contribution in [1.82, 2.24) is 58.5 Å². The number of amides is 8. The van der Waals surface area contributed by atoms with Gasteiger partial charge in [-0.25, -0.2) is 0 Å². The summed E-state index contributed by atoms with van der Waals surface area (Å²) >= 11 is 0. The molecule has 1 aliphatic heterocycles. The van der Waals surface area contributed by atoms with Gasteiger partial charge in [-0.2, -0.15) is 0 Å². The highest BCUT2D eigenvalue weighted by Gasteiger charge is 2.34. The minimum Gasteiger partial charge on any atom is -0.360 e. The maximum atomic E-state index is 14.8. The van der Waals surface area contributed by atoms with Gasteiger partial charge < -0.3 is 63.3 Å². The number of aldehydes is 1. The summed E-state index contributed by atoms with van der Waals surface area (Å²) in [5.74, 6) is -5.85. The summed E-state index contributed by atoms with van der Waals surface area (Å²) in [6, 6.07) is 20.8. The van der Waals surface area contributed by atoms with E-state index in [2.05, 4.69) is 58.5 Å². The van der Waals surface area contributed by atoms with E-state index < -0.39 is 103 Å². The lowest BCUT2D eigenvalue weighted by Gasteiger charge is -2.27. The minimum absolute atomic E-state index is 0.00876. The average molecular weight is 1120 g/mol. The monoisotopic (exact) mass is 1110 g/mol. The van der Waals surface area contributed by atoms with E-state index in [0.717, 1.165) is 29.2 Å². The van der Waals surface area contributed by atoms with Crippen LogP contribution in [0.5, 0.6) is 0 Å². The first-order valence-corrected chi connectivity index (χ1v) is 28.1. The van der Waals surface area contributed by atoms with Crippen molar-refractivity contribution in [2.75, 3.05) is 33.7 Å². The Morgan fingerprint density at radius 2 is 1.17 bits per heavy atom. The molecule has 0 aliphatic carbocycles. The molecule has 0 saturated carbocycles. The molecule has 1 fully saturated rings. The van der Waals surface area contributed by atoms with Crippen molar-refractivity contribution >= 4 is 70.3 Å². The Hall–Kier alpha value is -8.20. The molecule has 12 N–H and O–H groups in total. The summed E-state index contributed by atoms with van der Waals surface area (Å²) in [6.45, 7) is 4.14. The summed E-state index contributed by atoms with van der Waals surface area (Å²) in [5, 5.41) is 40.6. The van der Waals surface area contributed by atoms with Gasteiger partial charge in [-0.1, -0.05) is 129 Å². The van der Waals surface area contributed by atoms with Gasteiger partial charge in [-0.15, -0.1) is 0 Å². The van der Waals surface area contributed by atoms with Gasteiger partial charge in [0.25, 0.3) is 0 Å². The fourth-order valence-electron chi connectivity index (χ4n) is 9.34. The smallest absolute Gasteiger partial charge is 0.243 e. The Balaban J connectivity index is 1.57. The second-order valence-corrected chi connectivity index (χ2v) is 20.5. The van der Waals surface area contributed by atoms with Gasteiger partial charge in [-0.3, -0.25) is 43.8 Å². The SMILES string of the molecule is CCCCC[C@@H]1NC(=O)[C@H](Cc2ccc(C)cc2)NC(=O)[C@H](Cc2ccccc2)NC(=O)CC[C@H](C(=O)N[C@H](C=O)CCCCNC)NC(=O)CNC(=O)[C@H](Cc2ccc3ccccc3c2)NC(=O)[C@@H](CCCNC(=N)NC)NC1=O. The second-order valence-electron chi connectivity index (χ2n) is 20.5. The molecular formula is C60H82N12O9. The number of hydrogen-bond acceptors (Lipinski definition) is 11. The molecule has 21 nitrogen and oxygen atoms in total. The summed E-state index contributed by atoms with van der Waals surface area (Å²) in [5.41, 5.74) is 2.99. The molecule has 0 spiro atoms. The van der Waals surface area contributed by atoms with Crippen LogP contribution in [0, 0.1) is 12.3 Å². The van der Waals surface area contributed by atoms with E-state index in [4.69, 9.17) is 5.41 Å². The van der Waals surface area contributed by atoms with Crippen LogP contribution in [0.4, 0.5) is 0 Å². The third-order valence-corrected chi connectivity index (χ3v) is 14.0. The first-order valence-electron chi connectivity index (χ1n) is 28.1. The third-order valence-electron chi connectivity index (χ3n) is 14.0. The van der Waals surface area contributed by atoms with E-state index in [1.54, 1.807) is 44.4 Å². The molecule has 5 rings (SSSR count). The number of fused-ring (bicyclic) bond motifs is 1. The first-order chi connectivity index (χ1) is 39.1. The van der Waals surface area contributed by atoms with Crippen LogP contribution in [0.15, 0.2) is 97.1 Å². The number of carbonyl (C=O) groups is 9. The van der Waals surface area contributed by atoms with Crippen molar-refractivity contribution in [3.63, 3.8) is 0 Å². The van der Waals surface area contributed by atoms with Crippen molar-refractivity contribution < 1.29 is 43.2 Å². The number of nitrogens with one attached hydrogen (secondary N) is 12. The highest BCUT2D eigenvalue weighted by molar-refractivity contribution is 5.98. The predicted molar refractivity (Wildman–Crippen MR) is 310 cm³/mol. The van der Waals surface area contributed by atoms with Gasteiger partial charge in [0.2, 0.25) is 47.3 Å². The summed E-state index contributed by atoms with van der Waals surface area (Å²) < 4.78 is 0. The Morgan fingerprint density at radius 3 is 1.81 bits per heavy atom. The molecule has 0 bridgehead atoms. The lowest BCUT2D eigenvalue weighted by Crippen LogP contribution is -2.60. The Kier molecular flexibility index (Phi) is 26.8. The van der Waals surface area contributed by atoms with Crippen LogP contribution >= 0.6 is 0 Å². The van der Waals surface area contributed by atoms with Crippen LogP contribution in [0.25, 0.3) is 10.8 Å². The van der Waals surface area contributed by atoms with Crippen molar-refractivity contribution in [2.45, 2.75) is 146 Å². The molecule has 1 aliphatic rings. The standard InChI is InChI=1S/C60H82N12O9/c1-5-6-8-21-46-56(78)69-47(22-15-32-64-60(61)63-4)57(79)71-49(36-42-27-28-43-18-11-12-19-44(43)33-42)54(76)65-37-53(75)67-48(55(77)66-45(38-73)20-13-14-31-62-3)29-30-52(74)68-50(34-40-16-9-7-10-17-40)58(80)72-51(59(81)70-46)35-41-25-23-39(2)24-26-41/h7,9-12,16-19,23-28,33,38,45-51,62H,5-6,8,13-15,20-22,29-32,34-37H2,1-4H3,(H,65,76)(H,66,77)(H,67,75)(H,68,74)(H,69,78)(H,70,81)(H,71,79)(H,72,80)(H3,61,63,64)/t45-,46-,47+,48+,49-,50-,51-/m0/s1. The van der Waals surface area contributed by atoms with E-state index in [9.17, 15) is 43.2 Å². The molecule has 4 aromatic rings. The molecule has 1 saturated heterocycles. The van der Waals surface area contributed by atoms with E-state index >= 15 is 0 Å². The molecule has 4 aromatic carbocycles. The summed E-state index contributed by atoms with van der Waals surface area (Å²) in [4.78, 5) is 127. The molecule has 7 atom stereocenters. The number of benzene rings is 4. The molecule has 436 valence electrons. The zero-order chi connectivity index (χ0) is 58.5. The van der Waals surface area contributed by atoms with Crippen molar-refractivity contribution in [1.29, 1.82) is 5.41 Å². The number of aryl methyl sites for hydroxylation is 1. The van der Waals surface area contributed by atoms with Crippen molar-refractivity contribution in [2.24, 2.45) is 0 Å². The van der Waals surface area contributed by atoms with Gasteiger partial charge in [-0.05, 0) is 92.9 Å². The van der Waals surface area contributed by atoms with E-state index in [1.165, 1.54) is 0 Å². The van der Waals surface area contributed by atoms with Gasteiger partial charge in [0, 0.05) is 39.3 Å². The minimum atomic E-state index is -1.40. The largest absolute Gasteiger partial charge is 0.360 e. The number of hydrogen-bond donors (Lipinski definition) is 12. The van der Waals surface area contributed by atoms with E-state index in [1.807, 2.05) is 80.6 Å². The van der Waals surface area contributed by atoms with Crippen LogP contribution in [-0.4, -0.2) is 136 Å². The number of unbranched alkanes of at least 4 members (excludes halogenated alkanes) is 3. The van der Waals surface area contributed by atoms with Crippen LogP contribution in [-0.2, 0) is 62.4 Å². The van der Waals surface area contributed by atoms with E-state index in [0.29, 0.717) is 55.2 Å². The molecule has 1 heterocycles. The van der Waals surface area contributed by atoms with Crippen LogP contribution < -0.4 is 58.5 Å². The Bertz CT molecular complexity index is 2740. The van der Waals surface area contributed by atoms with Gasteiger partial charge in [0.05, 0.1) is 12.6 Å². The van der Waals surface area contributed by atoms with Crippen LogP contribution in [0.2, 0.25) is 0 Å². The Morgan fingerprint density at radius 1 is 0.605 bits per heavy atom. The molecule has 21 heteroatoms. The number of guanidine groups is 1.